The summed E-state index contributed by atoms with van der Waals surface area (Å²) in [6.45, 7) is 5.91. The third-order valence-corrected chi connectivity index (χ3v) is 5.06. The standard InChI is InChI=1S/C23H22N2O5S/c1-3-12-30-18-11-10-16(13-19(18)29-4-2)14-20-22(27)25(23(28)31-20)15-21(26)24-17-8-6-5-7-9-17/h3,5-11,13-14H,1,4,12,15H2,2H3,(H,24,26)/b20-14-. The van der Waals surface area contributed by atoms with E-state index in [9.17, 15) is 14.4 Å². The van der Waals surface area contributed by atoms with Crippen molar-refractivity contribution in [1.82, 2.24) is 4.90 Å². The van der Waals surface area contributed by atoms with Gasteiger partial charge >= 0.3 is 0 Å². The molecule has 1 aliphatic rings. The second-order valence-corrected chi connectivity index (χ2v) is 7.41. The minimum atomic E-state index is -0.511. The van der Waals surface area contributed by atoms with Crippen molar-refractivity contribution in [1.29, 1.82) is 0 Å². The number of benzene rings is 2. The number of ether oxygens (including phenoxy) is 2. The molecule has 0 spiro atoms. The van der Waals surface area contributed by atoms with Crippen LogP contribution in [0.2, 0.25) is 0 Å². The van der Waals surface area contributed by atoms with E-state index in [2.05, 4.69) is 11.9 Å². The highest BCUT2D eigenvalue weighted by molar-refractivity contribution is 8.18. The maximum atomic E-state index is 12.7. The number of hydrogen-bond acceptors (Lipinski definition) is 6. The van der Waals surface area contributed by atoms with Gasteiger partial charge in [0.05, 0.1) is 11.5 Å². The van der Waals surface area contributed by atoms with E-state index in [0.717, 1.165) is 16.7 Å². The average molecular weight is 439 g/mol. The fourth-order valence-corrected chi connectivity index (χ4v) is 3.64. The Morgan fingerprint density at radius 3 is 2.61 bits per heavy atom. The smallest absolute Gasteiger partial charge is 0.294 e. The molecule has 1 heterocycles. The lowest BCUT2D eigenvalue weighted by atomic mass is 10.2. The van der Waals surface area contributed by atoms with Gasteiger partial charge in [-0.15, -0.1) is 0 Å². The van der Waals surface area contributed by atoms with Crippen LogP contribution in [0.4, 0.5) is 10.5 Å². The monoisotopic (exact) mass is 438 g/mol. The predicted molar refractivity (Wildman–Crippen MR) is 121 cm³/mol. The molecule has 0 atom stereocenters. The number of rotatable bonds is 9. The molecule has 160 valence electrons. The van der Waals surface area contributed by atoms with Crippen LogP contribution in [0.15, 0.2) is 66.1 Å². The number of nitrogens with zero attached hydrogens (tertiary/aromatic N) is 1. The van der Waals surface area contributed by atoms with E-state index in [1.807, 2.05) is 13.0 Å². The minimum Gasteiger partial charge on any atom is -0.490 e. The van der Waals surface area contributed by atoms with Crippen LogP contribution < -0.4 is 14.8 Å². The number of amides is 3. The summed E-state index contributed by atoms with van der Waals surface area (Å²) in [6, 6.07) is 14.1. The quantitative estimate of drug-likeness (QED) is 0.464. The van der Waals surface area contributed by atoms with Crippen LogP contribution in [0.3, 0.4) is 0 Å². The van der Waals surface area contributed by atoms with Gasteiger partial charge in [-0.25, -0.2) is 0 Å². The van der Waals surface area contributed by atoms with Gasteiger partial charge in [0.25, 0.3) is 11.1 Å². The number of nitrogens with one attached hydrogen (secondary N) is 1. The SMILES string of the molecule is C=CCOc1ccc(/C=C2\SC(=O)N(CC(=O)Nc3ccccc3)C2=O)cc1OCC. The topological polar surface area (TPSA) is 84.9 Å². The predicted octanol–water partition coefficient (Wildman–Crippen LogP) is 4.33. The van der Waals surface area contributed by atoms with Crippen LogP contribution in [-0.2, 0) is 9.59 Å². The van der Waals surface area contributed by atoms with Gasteiger partial charge in [0.1, 0.15) is 13.2 Å². The van der Waals surface area contributed by atoms with Gasteiger partial charge in [-0.05, 0) is 54.6 Å². The summed E-state index contributed by atoms with van der Waals surface area (Å²) in [4.78, 5) is 38.4. The number of carbonyl (C=O) groups excluding carboxylic acids is 3. The maximum Gasteiger partial charge on any atom is 0.294 e. The Bertz CT molecular complexity index is 1020. The molecule has 1 fully saturated rings. The Morgan fingerprint density at radius 1 is 1.13 bits per heavy atom. The van der Waals surface area contributed by atoms with E-state index >= 15 is 0 Å². The Kier molecular flexibility index (Phi) is 7.50. The fraction of sp³-hybridized carbons (Fsp3) is 0.174. The second kappa shape index (κ2) is 10.5. The van der Waals surface area contributed by atoms with Crippen molar-refractivity contribution < 1.29 is 23.9 Å². The van der Waals surface area contributed by atoms with Gasteiger partial charge in [0.15, 0.2) is 11.5 Å². The molecule has 31 heavy (non-hydrogen) atoms. The van der Waals surface area contributed by atoms with Crippen LogP contribution in [0.1, 0.15) is 12.5 Å². The van der Waals surface area contributed by atoms with Crippen molar-refractivity contribution in [3.63, 3.8) is 0 Å². The first-order valence-electron chi connectivity index (χ1n) is 9.62. The highest BCUT2D eigenvalue weighted by Gasteiger charge is 2.36. The molecule has 7 nitrogen and oxygen atoms in total. The second-order valence-electron chi connectivity index (χ2n) is 6.42. The van der Waals surface area contributed by atoms with E-state index in [0.29, 0.717) is 36.0 Å². The molecule has 8 heteroatoms. The first kappa shape index (κ1) is 22.2. The van der Waals surface area contributed by atoms with Crippen LogP contribution in [0.25, 0.3) is 6.08 Å². The van der Waals surface area contributed by atoms with Crippen molar-refractivity contribution in [2.75, 3.05) is 25.1 Å². The number of hydrogen-bond donors (Lipinski definition) is 1. The molecule has 0 unspecified atom stereocenters. The Balaban J connectivity index is 1.72. The number of carbonyl (C=O) groups is 3. The molecular formula is C23H22N2O5S. The zero-order valence-corrected chi connectivity index (χ0v) is 17.8. The Hall–Kier alpha value is -3.52. The molecule has 1 N–H and O–H groups in total. The van der Waals surface area contributed by atoms with E-state index in [1.165, 1.54) is 0 Å². The first-order valence-corrected chi connectivity index (χ1v) is 10.4. The molecule has 1 saturated heterocycles. The van der Waals surface area contributed by atoms with Crippen LogP contribution in [0.5, 0.6) is 11.5 Å². The molecule has 3 rings (SSSR count). The van der Waals surface area contributed by atoms with Gasteiger partial charge in [0, 0.05) is 5.69 Å². The lowest BCUT2D eigenvalue weighted by Crippen LogP contribution is -2.36. The number of thioether (sulfide) groups is 1. The van der Waals surface area contributed by atoms with E-state index in [4.69, 9.17) is 9.47 Å². The summed E-state index contributed by atoms with van der Waals surface area (Å²) in [5.74, 6) is 0.129. The van der Waals surface area contributed by atoms with Gasteiger partial charge in [-0.3, -0.25) is 19.3 Å². The van der Waals surface area contributed by atoms with Gasteiger partial charge in [-0.2, -0.15) is 0 Å². The van der Waals surface area contributed by atoms with E-state index < -0.39 is 17.1 Å². The molecule has 0 aromatic heterocycles. The summed E-state index contributed by atoms with van der Waals surface area (Å²) >= 11 is 0.795. The third kappa shape index (κ3) is 5.76. The molecule has 3 amide bonds. The largest absolute Gasteiger partial charge is 0.490 e. The molecule has 1 aliphatic heterocycles. The summed E-state index contributed by atoms with van der Waals surface area (Å²) < 4.78 is 11.2. The van der Waals surface area contributed by atoms with E-state index in [1.54, 1.807) is 54.6 Å². The van der Waals surface area contributed by atoms with Crippen LogP contribution in [-0.4, -0.2) is 41.7 Å². The highest BCUT2D eigenvalue weighted by atomic mass is 32.2. The first-order chi connectivity index (χ1) is 15.0. The molecule has 2 aromatic carbocycles. The van der Waals surface area contributed by atoms with E-state index in [-0.39, 0.29) is 11.4 Å². The van der Waals surface area contributed by atoms with Crippen LogP contribution >= 0.6 is 11.8 Å². The molecule has 0 saturated carbocycles. The van der Waals surface area contributed by atoms with Crippen molar-refractivity contribution in [2.24, 2.45) is 0 Å². The Morgan fingerprint density at radius 2 is 1.90 bits per heavy atom. The molecule has 0 aliphatic carbocycles. The number of anilines is 1. The summed E-state index contributed by atoms with van der Waals surface area (Å²) in [5, 5.41) is 2.18. The normalized spacial score (nSPS) is 14.6. The van der Waals surface area contributed by atoms with Gasteiger partial charge < -0.3 is 14.8 Å². The summed E-state index contributed by atoms with van der Waals surface area (Å²) in [7, 11) is 0. The van der Waals surface area contributed by atoms with Gasteiger partial charge in [0.2, 0.25) is 5.91 Å². The zero-order chi connectivity index (χ0) is 22.2. The molecular weight excluding hydrogens is 416 g/mol. The van der Waals surface area contributed by atoms with Crippen LogP contribution in [0, 0.1) is 0 Å². The lowest BCUT2D eigenvalue weighted by Gasteiger charge is -2.12. The lowest BCUT2D eigenvalue weighted by molar-refractivity contribution is -0.127. The third-order valence-electron chi connectivity index (χ3n) is 4.15. The highest BCUT2D eigenvalue weighted by Crippen LogP contribution is 2.34. The molecule has 0 radical (unpaired) electrons. The summed E-state index contributed by atoms with van der Waals surface area (Å²) in [5.41, 5.74) is 1.27. The summed E-state index contributed by atoms with van der Waals surface area (Å²) in [6.07, 6.45) is 3.23. The zero-order valence-electron chi connectivity index (χ0n) is 17.0. The fourth-order valence-electron chi connectivity index (χ4n) is 2.80. The minimum absolute atomic E-state index is 0.236. The van der Waals surface area contributed by atoms with Crippen molar-refractivity contribution in [2.45, 2.75) is 6.92 Å². The van der Waals surface area contributed by atoms with Gasteiger partial charge in [-0.1, -0.05) is 36.9 Å². The Labute approximate surface area is 184 Å². The van der Waals surface area contributed by atoms with Crippen molar-refractivity contribution in [3.8, 4) is 11.5 Å². The number of para-hydroxylation sites is 1. The maximum absolute atomic E-state index is 12.7. The molecule has 2 aromatic rings. The molecule has 0 bridgehead atoms. The average Bonchev–Trinajstić information content (AvgIpc) is 3.01. The van der Waals surface area contributed by atoms with Crippen molar-refractivity contribution >= 4 is 40.6 Å². The number of imide groups is 1. The van der Waals surface area contributed by atoms with Crippen molar-refractivity contribution in [3.05, 3.63) is 71.7 Å².